The quantitative estimate of drug-likeness (QED) is 0.539. The molecule has 3 aromatic heterocycles. The first kappa shape index (κ1) is 23.6. The second-order valence-corrected chi connectivity index (χ2v) is 7.38. The lowest BCUT2D eigenvalue weighted by Gasteiger charge is -2.30. The smallest absolute Gasteiger partial charge is 0.437 e. The number of nitrogens with zero attached hydrogens (tertiary/aromatic N) is 6. The monoisotopic (exact) mass is 458 g/mol. The molecule has 4 heterocycles. The molecule has 0 radical (unpaired) electrons. The van der Waals surface area contributed by atoms with Crippen LogP contribution in [0.15, 0.2) is 30.7 Å². The van der Waals surface area contributed by atoms with E-state index in [1.165, 1.54) is 30.1 Å². The number of ether oxygens (including phenoxy) is 1. The Morgan fingerprint density at radius 1 is 1.16 bits per heavy atom. The summed E-state index contributed by atoms with van der Waals surface area (Å²) in [6.45, 7) is 3.66. The summed E-state index contributed by atoms with van der Waals surface area (Å²) in [5.41, 5.74) is -0.00583. The fourth-order valence-corrected chi connectivity index (χ4v) is 3.26. The number of halogens is 5. The normalized spacial score (nSPS) is 15.1. The molecule has 1 aliphatic heterocycles. The van der Waals surface area contributed by atoms with Gasteiger partial charge in [-0.25, -0.2) is 28.4 Å². The van der Waals surface area contributed by atoms with Gasteiger partial charge in [0.05, 0.1) is 19.5 Å². The van der Waals surface area contributed by atoms with Gasteiger partial charge in [-0.15, -0.1) is 0 Å². The topological polar surface area (TPSA) is 69.0 Å². The Morgan fingerprint density at radius 3 is 2.47 bits per heavy atom. The van der Waals surface area contributed by atoms with Crippen LogP contribution in [0.3, 0.4) is 0 Å². The van der Waals surface area contributed by atoms with Gasteiger partial charge in [-0.3, -0.25) is 0 Å². The van der Waals surface area contributed by atoms with Crippen molar-refractivity contribution in [2.24, 2.45) is 5.92 Å². The van der Waals surface area contributed by atoms with E-state index in [-0.39, 0.29) is 5.75 Å². The van der Waals surface area contributed by atoms with Gasteiger partial charge in [-0.1, -0.05) is 6.92 Å². The molecule has 0 aliphatic carbocycles. The zero-order chi connectivity index (χ0) is 23.3. The summed E-state index contributed by atoms with van der Waals surface area (Å²) in [6.07, 6.45) is -0.400. The maximum absolute atomic E-state index is 12.5. The molecule has 0 aromatic carbocycles. The van der Waals surface area contributed by atoms with Crippen LogP contribution in [0.5, 0.6) is 5.75 Å². The first-order valence-electron chi connectivity index (χ1n) is 9.97. The first-order chi connectivity index (χ1) is 15.2. The van der Waals surface area contributed by atoms with Crippen LogP contribution in [0, 0.1) is 5.92 Å². The molecule has 0 saturated carbocycles. The van der Waals surface area contributed by atoms with Gasteiger partial charge in [0.2, 0.25) is 0 Å². The van der Waals surface area contributed by atoms with Crippen LogP contribution in [0.25, 0.3) is 11.2 Å². The SMILES string of the molecule is CC1CCN(c2cnc3cnn(CC(F)F)c3n2)CC1.COc1cccnc1C(F)(F)F. The lowest BCUT2D eigenvalue weighted by molar-refractivity contribution is -0.142. The number of hydrogen-bond acceptors (Lipinski definition) is 6. The highest BCUT2D eigenvalue weighted by molar-refractivity contribution is 5.71. The van der Waals surface area contributed by atoms with Gasteiger partial charge in [-0.2, -0.15) is 18.3 Å². The molecular weight excluding hydrogens is 435 g/mol. The van der Waals surface area contributed by atoms with Gasteiger partial charge in [0.1, 0.15) is 23.6 Å². The van der Waals surface area contributed by atoms with E-state index in [4.69, 9.17) is 0 Å². The Morgan fingerprint density at radius 2 is 1.88 bits per heavy atom. The Labute approximate surface area is 181 Å². The van der Waals surface area contributed by atoms with E-state index in [1.807, 2.05) is 0 Å². The van der Waals surface area contributed by atoms with Gasteiger partial charge >= 0.3 is 6.18 Å². The highest BCUT2D eigenvalue weighted by Crippen LogP contribution is 2.33. The van der Waals surface area contributed by atoms with Crippen LogP contribution in [0.2, 0.25) is 0 Å². The molecule has 174 valence electrons. The minimum Gasteiger partial charge on any atom is -0.494 e. The number of aromatic nitrogens is 5. The van der Waals surface area contributed by atoms with Crippen molar-refractivity contribution >= 4 is 17.0 Å². The maximum atomic E-state index is 12.5. The molecule has 1 aliphatic rings. The Bertz CT molecular complexity index is 1020. The van der Waals surface area contributed by atoms with E-state index in [9.17, 15) is 22.0 Å². The molecule has 0 spiro atoms. The van der Waals surface area contributed by atoms with Crippen molar-refractivity contribution in [1.29, 1.82) is 0 Å². The number of methoxy groups -OCH3 is 1. The number of rotatable bonds is 4. The number of piperidine rings is 1. The highest BCUT2D eigenvalue weighted by atomic mass is 19.4. The number of anilines is 1. The second kappa shape index (κ2) is 10.0. The van der Waals surface area contributed by atoms with Crippen LogP contribution >= 0.6 is 0 Å². The van der Waals surface area contributed by atoms with Gasteiger partial charge in [0, 0.05) is 19.3 Å². The Kier molecular flexibility index (Phi) is 7.41. The summed E-state index contributed by atoms with van der Waals surface area (Å²) < 4.78 is 67.0. The van der Waals surface area contributed by atoms with E-state index in [0.717, 1.165) is 43.9 Å². The second-order valence-electron chi connectivity index (χ2n) is 7.38. The summed E-state index contributed by atoms with van der Waals surface area (Å²) in [5, 5.41) is 3.93. The summed E-state index contributed by atoms with van der Waals surface area (Å²) in [5.74, 6) is 1.22. The number of hydrogen-bond donors (Lipinski definition) is 0. The van der Waals surface area contributed by atoms with Crippen LogP contribution < -0.4 is 9.64 Å². The summed E-state index contributed by atoms with van der Waals surface area (Å²) in [4.78, 5) is 14.1. The predicted octanol–water partition coefficient (Wildman–Crippen LogP) is 4.44. The van der Waals surface area contributed by atoms with E-state index >= 15 is 0 Å². The molecule has 32 heavy (non-hydrogen) atoms. The number of pyridine rings is 1. The van der Waals surface area contributed by atoms with Crippen LogP contribution in [-0.4, -0.2) is 51.4 Å². The van der Waals surface area contributed by atoms with Crippen molar-refractivity contribution in [1.82, 2.24) is 24.7 Å². The van der Waals surface area contributed by atoms with E-state index < -0.39 is 24.8 Å². The third kappa shape index (κ3) is 5.80. The summed E-state index contributed by atoms with van der Waals surface area (Å²) >= 11 is 0. The van der Waals surface area contributed by atoms with Crippen LogP contribution in [0.4, 0.5) is 27.8 Å². The number of fused-ring (bicyclic) bond motifs is 1. The molecule has 0 unspecified atom stereocenters. The van der Waals surface area contributed by atoms with Gasteiger partial charge < -0.3 is 9.64 Å². The maximum Gasteiger partial charge on any atom is 0.437 e. The third-order valence-corrected chi connectivity index (χ3v) is 5.01. The lowest BCUT2D eigenvalue weighted by Crippen LogP contribution is -2.33. The molecule has 4 rings (SSSR count). The fourth-order valence-electron chi connectivity index (χ4n) is 3.26. The lowest BCUT2D eigenvalue weighted by atomic mass is 9.99. The first-order valence-corrected chi connectivity index (χ1v) is 9.97. The van der Waals surface area contributed by atoms with Crippen molar-refractivity contribution in [3.05, 3.63) is 36.4 Å². The molecule has 1 fully saturated rings. The average molecular weight is 458 g/mol. The largest absolute Gasteiger partial charge is 0.494 e. The molecule has 0 amide bonds. The molecule has 0 bridgehead atoms. The van der Waals surface area contributed by atoms with Crippen LogP contribution in [-0.2, 0) is 12.7 Å². The summed E-state index contributed by atoms with van der Waals surface area (Å²) in [7, 11) is 1.17. The van der Waals surface area contributed by atoms with E-state index in [0.29, 0.717) is 11.2 Å². The molecule has 0 atom stereocenters. The van der Waals surface area contributed by atoms with E-state index in [2.05, 4.69) is 36.6 Å². The van der Waals surface area contributed by atoms with Crippen molar-refractivity contribution in [2.45, 2.75) is 38.9 Å². The molecule has 1 saturated heterocycles. The highest BCUT2D eigenvalue weighted by Gasteiger charge is 2.35. The zero-order valence-corrected chi connectivity index (χ0v) is 17.6. The van der Waals surface area contributed by atoms with Gasteiger partial charge in [0.25, 0.3) is 6.43 Å². The molecule has 3 aromatic rings. The molecule has 12 heteroatoms. The van der Waals surface area contributed by atoms with Gasteiger partial charge in [-0.05, 0) is 30.9 Å². The molecular formula is C20H23F5N6O. The minimum atomic E-state index is -4.45. The van der Waals surface area contributed by atoms with Crippen molar-refractivity contribution in [3.63, 3.8) is 0 Å². The number of alkyl halides is 5. The van der Waals surface area contributed by atoms with E-state index in [1.54, 1.807) is 6.20 Å². The standard InChI is InChI=1S/C13H17F2N5.C7H6F3NO/c1-9-2-4-19(5-3-9)12-7-16-10-6-17-20(8-11(14)15)13(10)18-12;1-12-5-3-2-4-11-6(5)7(8,9)10/h6-7,9,11H,2-5,8H2,1H3;2-4H,1H3. The Hall–Kier alpha value is -3.05. The fraction of sp³-hybridized carbons (Fsp3) is 0.500. The zero-order valence-electron chi connectivity index (χ0n) is 17.6. The van der Waals surface area contributed by atoms with Crippen molar-refractivity contribution < 1.29 is 26.7 Å². The molecule has 0 N–H and O–H groups in total. The summed E-state index contributed by atoms with van der Waals surface area (Å²) in [6, 6.07) is 2.60. The van der Waals surface area contributed by atoms with Crippen LogP contribution in [0.1, 0.15) is 25.5 Å². The average Bonchev–Trinajstić information content (AvgIpc) is 3.15. The van der Waals surface area contributed by atoms with Crippen molar-refractivity contribution in [2.75, 3.05) is 25.1 Å². The van der Waals surface area contributed by atoms with Gasteiger partial charge in [0.15, 0.2) is 11.3 Å². The third-order valence-electron chi connectivity index (χ3n) is 5.01. The Balaban J connectivity index is 0.000000207. The van der Waals surface area contributed by atoms with Crippen molar-refractivity contribution in [3.8, 4) is 5.75 Å². The molecule has 7 nitrogen and oxygen atoms in total. The minimum absolute atomic E-state index is 0.259. The predicted molar refractivity (Wildman–Crippen MR) is 108 cm³/mol.